The number of rotatable bonds is 9. The zero-order valence-corrected chi connectivity index (χ0v) is 13.1. The maximum absolute atomic E-state index is 12.1. The lowest BCUT2D eigenvalue weighted by atomic mass is 10.0. The van der Waals surface area contributed by atoms with Crippen molar-refractivity contribution in [3.63, 3.8) is 0 Å². The molecule has 1 rings (SSSR count). The number of hydrogen-bond donors (Lipinski definition) is 3. The Morgan fingerprint density at radius 3 is 2.32 bits per heavy atom. The molecule has 0 heterocycles. The number of benzene rings is 1. The van der Waals surface area contributed by atoms with Gasteiger partial charge in [0.05, 0.1) is 25.5 Å². The van der Waals surface area contributed by atoms with Crippen molar-refractivity contribution in [3.05, 3.63) is 29.3 Å². The molecule has 1 aromatic rings. The number of aliphatic carboxylic acids is 1. The van der Waals surface area contributed by atoms with E-state index in [0.29, 0.717) is 0 Å². The summed E-state index contributed by atoms with van der Waals surface area (Å²) in [6.45, 7) is 4.08. The fraction of sp³-hybridized carbons (Fsp3) is 0.500. The van der Waals surface area contributed by atoms with Gasteiger partial charge in [-0.2, -0.15) is 0 Å². The molecule has 1 atom stereocenters. The fourth-order valence-corrected chi connectivity index (χ4v) is 2.33. The van der Waals surface area contributed by atoms with Gasteiger partial charge in [0.25, 0.3) is 0 Å². The summed E-state index contributed by atoms with van der Waals surface area (Å²) >= 11 is 0. The second-order valence-corrected chi connectivity index (χ2v) is 5.08. The minimum Gasteiger partial charge on any atom is -0.544 e. The average Bonchev–Trinajstić information content (AvgIpc) is 2.51. The number of quaternary nitrogens is 1. The predicted molar refractivity (Wildman–Crippen MR) is 81.1 cm³/mol. The van der Waals surface area contributed by atoms with E-state index in [1.807, 2.05) is 32.0 Å². The molecule has 0 saturated heterocycles. The summed E-state index contributed by atoms with van der Waals surface area (Å²) in [7, 11) is 0. The van der Waals surface area contributed by atoms with Gasteiger partial charge in [-0.3, -0.25) is 4.79 Å². The number of aliphatic hydroxyl groups is 1. The SMILES string of the molecule is CCc1cccc(CC)c1NC(=O)C[C@@H]([NH2+]CCO)C(=O)[O-]. The zero-order chi connectivity index (χ0) is 16.5. The average molecular weight is 308 g/mol. The molecule has 0 aliphatic heterocycles. The molecule has 0 spiro atoms. The van der Waals surface area contributed by atoms with E-state index >= 15 is 0 Å². The molecule has 0 bridgehead atoms. The van der Waals surface area contributed by atoms with Gasteiger partial charge >= 0.3 is 0 Å². The lowest BCUT2D eigenvalue weighted by Crippen LogP contribution is -2.94. The van der Waals surface area contributed by atoms with E-state index in [4.69, 9.17) is 5.11 Å². The smallest absolute Gasteiger partial charge is 0.230 e. The molecule has 0 aliphatic carbocycles. The molecule has 0 unspecified atom stereocenters. The highest BCUT2D eigenvalue weighted by Gasteiger charge is 2.19. The number of amides is 1. The Morgan fingerprint density at radius 1 is 1.27 bits per heavy atom. The Labute approximate surface area is 130 Å². The summed E-state index contributed by atoms with van der Waals surface area (Å²) in [6, 6.07) is 4.85. The first kappa shape index (κ1) is 18.1. The zero-order valence-electron chi connectivity index (χ0n) is 13.1. The molecule has 1 aromatic carbocycles. The van der Waals surface area contributed by atoms with Crippen LogP contribution >= 0.6 is 0 Å². The van der Waals surface area contributed by atoms with Crippen LogP contribution in [0.4, 0.5) is 5.69 Å². The third-order valence-corrected chi connectivity index (χ3v) is 3.55. The van der Waals surface area contributed by atoms with Crippen LogP contribution in [-0.4, -0.2) is 36.2 Å². The molecule has 0 fully saturated rings. The third kappa shape index (κ3) is 5.13. The number of aliphatic hydroxyl groups excluding tert-OH is 1. The van der Waals surface area contributed by atoms with E-state index in [1.165, 1.54) is 5.32 Å². The number of aryl methyl sites for hydroxylation is 2. The molecule has 6 nitrogen and oxygen atoms in total. The molecule has 0 aliphatic rings. The first-order valence-corrected chi connectivity index (χ1v) is 7.59. The number of carboxylic acid groups (broad SMARTS) is 1. The van der Waals surface area contributed by atoms with Crippen LogP contribution in [0.15, 0.2) is 18.2 Å². The van der Waals surface area contributed by atoms with Crippen LogP contribution in [0.1, 0.15) is 31.4 Å². The summed E-state index contributed by atoms with van der Waals surface area (Å²) < 4.78 is 0. The van der Waals surface area contributed by atoms with E-state index in [1.54, 1.807) is 0 Å². The number of nitrogens with two attached hydrogens (primary N) is 1. The van der Waals surface area contributed by atoms with Gasteiger partial charge in [0.2, 0.25) is 5.91 Å². The van der Waals surface area contributed by atoms with Gasteiger partial charge < -0.3 is 25.6 Å². The molecule has 122 valence electrons. The Hall–Kier alpha value is -1.92. The third-order valence-electron chi connectivity index (χ3n) is 3.55. The van der Waals surface area contributed by atoms with Crippen LogP contribution in [0.5, 0.6) is 0 Å². The summed E-state index contributed by atoms with van der Waals surface area (Å²) in [4.78, 5) is 23.2. The summed E-state index contributed by atoms with van der Waals surface area (Å²) in [5, 5.41) is 24.0. The largest absolute Gasteiger partial charge is 0.544 e. The lowest BCUT2D eigenvalue weighted by Gasteiger charge is -2.18. The van der Waals surface area contributed by atoms with Gasteiger partial charge in [0.15, 0.2) is 0 Å². The van der Waals surface area contributed by atoms with E-state index < -0.39 is 12.0 Å². The number of hydrogen-bond acceptors (Lipinski definition) is 4. The van der Waals surface area contributed by atoms with Crippen molar-refractivity contribution in [1.29, 1.82) is 0 Å². The number of nitrogens with one attached hydrogen (secondary N) is 1. The molecule has 22 heavy (non-hydrogen) atoms. The monoisotopic (exact) mass is 308 g/mol. The van der Waals surface area contributed by atoms with Crippen LogP contribution in [0, 0.1) is 0 Å². The Morgan fingerprint density at radius 2 is 1.86 bits per heavy atom. The molecular weight excluding hydrogens is 284 g/mol. The Balaban J connectivity index is 2.81. The van der Waals surface area contributed by atoms with Crippen molar-refractivity contribution in [2.45, 2.75) is 39.2 Å². The van der Waals surface area contributed by atoms with E-state index in [2.05, 4.69) is 5.32 Å². The molecule has 0 aromatic heterocycles. The van der Waals surface area contributed by atoms with Crippen LogP contribution < -0.4 is 15.7 Å². The highest BCUT2D eigenvalue weighted by Crippen LogP contribution is 2.22. The Kier molecular flexibility index (Phi) is 7.56. The van der Waals surface area contributed by atoms with Gasteiger partial charge in [0, 0.05) is 5.69 Å². The molecule has 4 N–H and O–H groups in total. The minimum absolute atomic E-state index is 0.149. The quantitative estimate of drug-likeness (QED) is 0.533. The van der Waals surface area contributed by atoms with Crippen LogP contribution in [0.25, 0.3) is 0 Å². The van der Waals surface area contributed by atoms with E-state index in [-0.39, 0.29) is 25.5 Å². The van der Waals surface area contributed by atoms with Gasteiger partial charge in [-0.25, -0.2) is 0 Å². The summed E-state index contributed by atoms with van der Waals surface area (Å²) in [6.07, 6.45) is 1.37. The Bertz CT molecular complexity index is 495. The van der Waals surface area contributed by atoms with Gasteiger partial charge in [-0.05, 0) is 24.0 Å². The van der Waals surface area contributed by atoms with Crippen molar-refractivity contribution in [3.8, 4) is 0 Å². The number of carbonyl (C=O) groups excluding carboxylic acids is 2. The molecular formula is C16H24N2O4. The van der Waals surface area contributed by atoms with E-state index in [9.17, 15) is 14.7 Å². The molecule has 1 amide bonds. The lowest BCUT2D eigenvalue weighted by molar-refractivity contribution is -0.683. The van der Waals surface area contributed by atoms with Crippen molar-refractivity contribution in [2.75, 3.05) is 18.5 Å². The van der Waals surface area contributed by atoms with Gasteiger partial charge in [-0.15, -0.1) is 0 Å². The maximum atomic E-state index is 12.1. The second-order valence-electron chi connectivity index (χ2n) is 5.08. The first-order valence-electron chi connectivity index (χ1n) is 7.59. The standard InChI is InChI=1S/C16H24N2O4/c1-3-11-6-5-7-12(4-2)15(11)18-14(20)10-13(16(21)22)17-8-9-19/h5-7,13,17,19H,3-4,8-10H2,1-2H3,(H,18,20)(H,21,22)/t13-/m1/s1. The van der Waals surface area contributed by atoms with Crippen molar-refractivity contribution in [1.82, 2.24) is 0 Å². The van der Waals surface area contributed by atoms with Crippen molar-refractivity contribution in [2.24, 2.45) is 0 Å². The topological polar surface area (TPSA) is 106 Å². The van der Waals surface area contributed by atoms with Crippen molar-refractivity contribution >= 4 is 17.6 Å². The van der Waals surface area contributed by atoms with Crippen LogP contribution in [0.3, 0.4) is 0 Å². The highest BCUT2D eigenvalue weighted by atomic mass is 16.4. The number of carbonyl (C=O) groups is 2. The van der Waals surface area contributed by atoms with Gasteiger partial charge in [-0.1, -0.05) is 32.0 Å². The molecule has 0 radical (unpaired) electrons. The van der Waals surface area contributed by atoms with Crippen LogP contribution in [0.2, 0.25) is 0 Å². The minimum atomic E-state index is -1.30. The fourth-order valence-electron chi connectivity index (χ4n) is 2.33. The number of carboxylic acids is 1. The normalized spacial score (nSPS) is 12.0. The second kappa shape index (κ2) is 9.17. The summed E-state index contributed by atoms with van der Waals surface area (Å²) in [5.74, 6) is -1.66. The van der Waals surface area contributed by atoms with Crippen molar-refractivity contribution < 1.29 is 25.1 Å². The number of para-hydroxylation sites is 1. The molecule has 0 saturated carbocycles. The number of anilines is 1. The molecule has 6 heteroatoms. The highest BCUT2D eigenvalue weighted by molar-refractivity contribution is 5.94. The summed E-state index contributed by atoms with van der Waals surface area (Å²) in [5.41, 5.74) is 2.82. The predicted octanol–water partition coefficient (Wildman–Crippen LogP) is -1.19. The maximum Gasteiger partial charge on any atom is 0.230 e. The van der Waals surface area contributed by atoms with Gasteiger partial charge in [0.1, 0.15) is 6.04 Å². The van der Waals surface area contributed by atoms with Crippen LogP contribution in [-0.2, 0) is 22.4 Å². The first-order chi connectivity index (χ1) is 10.5. The van der Waals surface area contributed by atoms with E-state index in [0.717, 1.165) is 29.7 Å².